The number of halogens is 15. The Morgan fingerprint density at radius 3 is 0.909 bits per heavy atom. The quantitative estimate of drug-likeness (QED) is 0.246. The van der Waals surface area contributed by atoms with E-state index in [1.807, 2.05) is 0 Å². The maximum absolute atomic E-state index is 3.81. The van der Waals surface area contributed by atoms with E-state index in [4.69, 9.17) is 0 Å². The van der Waals surface area contributed by atoms with Crippen molar-refractivity contribution in [1.82, 2.24) is 0 Å². The molecule has 0 saturated carbocycles. The van der Waals surface area contributed by atoms with Gasteiger partial charge in [-0.25, -0.2) is 0 Å². The first-order chi connectivity index (χ1) is 9.19. The Hall–Kier alpha value is 7.20. The maximum Gasteiger partial charge on any atom is 0.155 e. The molecule has 22 heavy (non-hydrogen) atoms. The van der Waals surface area contributed by atoms with Crippen LogP contribution < -0.4 is 0 Å². The minimum absolute atomic E-state index is 0.716. The number of alkyl halides is 13. The topological polar surface area (TPSA) is 0 Å². The summed E-state index contributed by atoms with van der Waals surface area (Å²) >= 11 is 54.7. The molecule has 0 bridgehead atoms. The van der Waals surface area contributed by atoms with Gasteiger partial charge in [-0.15, -0.1) is 0 Å². The lowest BCUT2D eigenvalue weighted by atomic mass is 10.1. The molecule has 0 rings (SSSR count). The standard InChI is InChI=1S/C7Br15/c8-1(9)2(10,11)4(13,14)5(15,16)3(12,6(17,18)19)7(20,21)22. The van der Waals surface area contributed by atoms with Gasteiger partial charge < -0.3 is 0 Å². The molecule has 0 nitrogen and oxygen atoms in total. The van der Waals surface area contributed by atoms with Gasteiger partial charge in [0.15, 0.2) is 4.29 Å². The lowest BCUT2D eigenvalue weighted by molar-refractivity contribution is 0.585. The first-order valence-corrected chi connectivity index (χ1v) is 16.2. The van der Waals surface area contributed by atoms with Gasteiger partial charge in [-0.3, -0.25) is 0 Å². The minimum Gasteiger partial charge on any atom is -0.0758 e. The molecule has 0 fully saturated rings. The highest BCUT2D eigenvalue weighted by Crippen LogP contribution is 2.77. The van der Waals surface area contributed by atoms with Gasteiger partial charge in [-0.05, 0) is 0 Å². The summed E-state index contributed by atoms with van der Waals surface area (Å²) < 4.78 is -4.24. The van der Waals surface area contributed by atoms with Gasteiger partial charge >= 0.3 is 0 Å². The Balaban J connectivity index is 6.52. The second kappa shape index (κ2) is 9.77. The molecule has 0 aromatic heterocycles. The van der Waals surface area contributed by atoms with E-state index in [9.17, 15) is 0 Å². The second-order valence-electron chi connectivity index (χ2n) is 3.64. The lowest BCUT2D eigenvalue weighted by Gasteiger charge is -2.56. The van der Waals surface area contributed by atoms with Gasteiger partial charge in [0, 0.05) is 0 Å². The average Bonchev–Trinajstić information content (AvgIpc) is 2.23. The molecule has 0 atom stereocenters. The van der Waals surface area contributed by atoms with E-state index in [0.717, 1.165) is 0 Å². The molecule has 133 valence electrons. The van der Waals surface area contributed by atoms with E-state index in [2.05, 4.69) is 239 Å². The maximum atomic E-state index is 3.81. The van der Waals surface area contributed by atoms with Crippen LogP contribution in [0.3, 0.4) is 0 Å². The molecule has 0 N–H and O–H groups in total. The number of hydrogen-bond acceptors (Lipinski definition) is 0. The highest BCUT2D eigenvalue weighted by Gasteiger charge is 2.76. The number of rotatable bonds is 4. The van der Waals surface area contributed by atoms with Crippen LogP contribution in [-0.4, -0.2) is 18.3 Å². The minimum atomic E-state index is -0.896. The zero-order valence-corrected chi connectivity index (χ0v) is 33.0. The van der Waals surface area contributed by atoms with Crippen molar-refractivity contribution in [2.75, 3.05) is 0 Å². The van der Waals surface area contributed by atoms with E-state index >= 15 is 0 Å². The monoisotopic (exact) mass is 1270 g/mol. The normalized spacial score (nSPS) is 16.4. The van der Waals surface area contributed by atoms with Crippen LogP contribution in [0.1, 0.15) is 0 Å². The van der Waals surface area contributed by atoms with Crippen molar-refractivity contribution in [1.29, 1.82) is 0 Å². The Labute approximate surface area is 255 Å². The Morgan fingerprint density at radius 1 is 0.455 bits per heavy atom. The van der Waals surface area contributed by atoms with Crippen LogP contribution in [-0.2, 0) is 0 Å². The van der Waals surface area contributed by atoms with Crippen LogP contribution in [0.15, 0.2) is 0 Å². The molecule has 0 aliphatic carbocycles. The summed E-state index contributed by atoms with van der Waals surface area (Å²) in [5, 5.41) is 0. The zero-order chi connectivity index (χ0) is 18.6. The fourth-order valence-electron chi connectivity index (χ4n) is 1.05. The van der Waals surface area contributed by atoms with Crippen molar-refractivity contribution in [3.63, 3.8) is 0 Å². The van der Waals surface area contributed by atoms with Gasteiger partial charge in [-0.2, -0.15) is 0 Å². The van der Waals surface area contributed by atoms with Crippen molar-refractivity contribution in [2.45, 2.75) is 18.3 Å². The third-order valence-electron chi connectivity index (χ3n) is 2.24. The van der Waals surface area contributed by atoms with Crippen LogP contribution in [0.25, 0.3) is 0 Å². The number of hydrogen-bond donors (Lipinski definition) is 0. The van der Waals surface area contributed by atoms with Gasteiger partial charge in [0.1, 0.15) is 17.8 Å². The van der Waals surface area contributed by atoms with Crippen molar-refractivity contribution in [3.05, 3.63) is 3.74 Å². The van der Waals surface area contributed by atoms with E-state index in [1.54, 1.807) is 0 Å². The van der Waals surface area contributed by atoms with Crippen molar-refractivity contribution < 1.29 is 0 Å². The second-order valence-corrected chi connectivity index (χ2v) is 31.3. The molecule has 0 aliphatic heterocycles. The van der Waals surface area contributed by atoms with Gasteiger partial charge in [0.05, 0.1) is 0 Å². The van der Waals surface area contributed by atoms with Gasteiger partial charge in [0.25, 0.3) is 0 Å². The van der Waals surface area contributed by atoms with Crippen molar-refractivity contribution >= 4 is 239 Å². The zero-order valence-electron chi connectivity index (χ0n) is 9.17. The van der Waals surface area contributed by atoms with Crippen LogP contribution >= 0.6 is 239 Å². The fraction of sp³-hybridized carbons (Fsp3) is 0.857. The lowest BCUT2D eigenvalue weighted by Crippen LogP contribution is -2.67. The summed E-state index contributed by atoms with van der Waals surface area (Å²) in [5.74, 6) is 0. The molecule has 0 heterocycles. The summed E-state index contributed by atoms with van der Waals surface area (Å²) in [7, 11) is 0. The van der Waals surface area contributed by atoms with E-state index < -0.39 is 18.3 Å². The van der Waals surface area contributed by atoms with Crippen molar-refractivity contribution in [3.8, 4) is 0 Å². The average molecular weight is 1280 g/mol. The molecule has 15 heteroatoms. The molecule has 0 aromatic rings. The molecule has 0 aliphatic rings. The first kappa shape index (κ1) is 29.2. The third kappa shape index (κ3) is 5.51. The first-order valence-electron chi connectivity index (χ1n) is 4.33. The smallest absolute Gasteiger partial charge is 0.0758 e. The summed E-state index contributed by atoms with van der Waals surface area (Å²) in [4.78, 5) is 0. The van der Waals surface area contributed by atoms with Crippen molar-refractivity contribution in [2.24, 2.45) is 0 Å². The summed E-state index contributed by atoms with van der Waals surface area (Å²) in [6, 6.07) is 0. The highest BCUT2D eigenvalue weighted by molar-refractivity contribution is 9.42. The molecule has 0 aromatic carbocycles. The Kier molecular flexibility index (Phi) is 13.0. The highest BCUT2D eigenvalue weighted by atomic mass is 80.0. The molecule has 0 unspecified atom stereocenters. The van der Waals surface area contributed by atoms with E-state index in [-0.39, 0.29) is 0 Å². The molecular formula is C7Br15. The SMILES string of the molecule is Br[C](Br)C(Br)(Br)C(Br)(Br)C(Br)(Br)C(Br)(C(Br)(Br)Br)C(Br)(Br)Br. The van der Waals surface area contributed by atoms with Crippen LogP contribution in [0, 0.1) is 3.74 Å². The Morgan fingerprint density at radius 2 is 0.727 bits per heavy atom. The predicted molar refractivity (Wildman–Crippen MR) is 154 cm³/mol. The fourth-order valence-corrected chi connectivity index (χ4v) is 17.1. The molecule has 0 amide bonds. The van der Waals surface area contributed by atoms with Crippen LogP contribution in [0.4, 0.5) is 0 Å². The predicted octanol–water partition coefficient (Wildman–Crippen LogP) is 11.5. The van der Waals surface area contributed by atoms with Gasteiger partial charge in [0.2, 0.25) is 0 Å². The molecule has 0 spiro atoms. The van der Waals surface area contributed by atoms with E-state index in [1.165, 1.54) is 0 Å². The molecule has 1 radical (unpaired) electrons. The summed E-state index contributed by atoms with van der Waals surface area (Å²) in [5.41, 5.74) is 0. The Bertz CT molecular complexity index is 383. The molecule has 0 saturated heterocycles. The van der Waals surface area contributed by atoms with Crippen LogP contribution in [0.2, 0.25) is 0 Å². The van der Waals surface area contributed by atoms with Gasteiger partial charge in [-0.1, -0.05) is 239 Å². The van der Waals surface area contributed by atoms with Crippen LogP contribution in [0.5, 0.6) is 0 Å². The largest absolute Gasteiger partial charge is 0.155 e. The third-order valence-corrected chi connectivity index (χ3v) is 26.2. The summed E-state index contributed by atoms with van der Waals surface area (Å²) in [6.07, 6.45) is 0. The molecular weight excluding hydrogens is 1280 g/mol. The van der Waals surface area contributed by atoms with E-state index in [0.29, 0.717) is 3.74 Å². The summed E-state index contributed by atoms with van der Waals surface area (Å²) in [6.45, 7) is 0.